The third-order valence-electron chi connectivity index (χ3n) is 2.51. The lowest BCUT2D eigenvalue weighted by Gasteiger charge is -2.21. The fraction of sp³-hybridized carbons (Fsp3) is 0.700. The second-order valence-electron chi connectivity index (χ2n) is 3.77. The van der Waals surface area contributed by atoms with Crippen LogP contribution in [0, 0.1) is 12.3 Å². The first-order chi connectivity index (χ1) is 7.48. The van der Waals surface area contributed by atoms with Crippen molar-refractivity contribution < 1.29 is 13.2 Å². The first-order valence-corrected chi connectivity index (χ1v) is 7.00. The van der Waals surface area contributed by atoms with E-state index < -0.39 is 9.84 Å². The van der Waals surface area contributed by atoms with Crippen LogP contribution in [0.4, 0.5) is 4.79 Å². The number of carbonyl (C=O) groups is 1. The van der Waals surface area contributed by atoms with E-state index in [4.69, 9.17) is 6.42 Å². The van der Waals surface area contributed by atoms with Gasteiger partial charge in [-0.1, -0.05) is 5.92 Å². The molecule has 0 radical (unpaired) electrons. The van der Waals surface area contributed by atoms with Gasteiger partial charge < -0.3 is 10.2 Å². The molecule has 2 amide bonds. The molecule has 5 nitrogen and oxygen atoms in total. The van der Waals surface area contributed by atoms with Crippen LogP contribution in [0.5, 0.6) is 0 Å². The smallest absolute Gasteiger partial charge is 0.318 e. The number of urea groups is 1. The fourth-order valence-electron chi connectivity index (χ4n) is 1.61. The van der Waals surface area contributed by atoms with E-state index >= 15 is 0 Å². The lowest BCUT2D eigenvalue weighted by molar-refractivity contribution is 0.203. The number of sulfone groups is 1. The molecule has 0 aliphatic carbocycles. The molecule has 1 rings (SSSR count). The molecule has 1 atom stereocenters. The average Bonchev–Trinajstić information content (AvgIpc) is 2.54. The van der Waals surface area contributed by atoms with Gasteiger partial charge in [0.25, 0.3) is 0 Å². The number of nitrogens with one attached hydrogen (secondary N) is 1. The highest BCUT2D eigenvalue weighted by molar-refractivity contribution is 7.91. The number of terminal acetylenes is 1. The Kier molecular flexibility index (Phi) is 4.19. The second-order valence-corrected chi connectivity index (χ2v) is 6.00. The van der Waals surface area contributed by atoms with Crippen molar-refractivity contribution in [2.75, 3.05) is 24.6 Å². The Morgan fingerprint density at radius 1 is 1.62 bits per heavy atom. The Morgan fingerprint density at radius 3 is 2.75 bits per heavy atom. The van der Waals surface area contributed by atoms with Crippen molar-refractivity contribution in [2.24, 2.45) is 0 Å². The zero-order chi connectivity index (χ0) is 12.2. The number of rotatable bonds is 3. The molecule has 0 aromatic carbocycles. The van der Waals surface area contributed by atoms with E-state index in [0.717, 1.165) is 0 Å². The van der Waals surface area contributed by atoms with Crippen molar-refractivity contribution in [1.29, 1.82) is 0 Å². The normalized spacial score (nSPS) is 22.4. The topological polar surface area (TPSA) is 66.5 Å². The minimum atomic E-state index is -2.96. The summed E-state index contributed by atoms with van der Waals surface area (Å²) in [5.41, 5.74) is 0. The molecule has 16 heavy (non-hydrogen) atoms. The maximum atomic E-state index is 11.7. The molecule has 90 valence electrons. The van der Waals surface area contributed by atoms with Gasteiger partial charge in [0.05, 0.1) is 18.1 Å². The van der Waals surface area contributed by atoms with Gasteiger partial charge in [-0.2, -0.15) is 0 Å². The monoisotopic (exact) mass is 244 g/mol. The second kappa shape index (κ2) is 5.21. The number of hydrogen-bond acceptors (Lipinski definition) is 3. The molecule has 0 aromatic rings. The lowest BCUT2D eigenvalue weighted by atomic mass is 10.3. The Balaban J connectivity index is 2.49. The van der Waals surface area contributed by atoms with Crippen molar-refractivity contribution in [1.82, 2.24) is 10.2 Å². The molecule has 1 heterocycles. The zero-order valence-electron chi connectivity index (χ0n) is 9.27. The quantitative estimate of drug-likeness (QED) is 0.701. The van der Waals surface area contributed by atoms with E-state index in [9.17, 15) is 13.2 Å². The molecular formula is C10H16N2O3S. The number of nitrogens with zero attached hydrogens (tertiary/aromatic N) is 1. The van der Waals surface area contributed by atoms with Gasteiger partial charge in [0.15, 0.2) is 9.84 Å². The molecule has 0 unspecified atom stereocenters. The predicted octanol–water partition coefficient (Wildman–Crippen LogP) is -0.162. The van der Waals surface area contributed by atoms with Crippen molar-refractivity contribution in [3.05, 3.63) is 0 Å². The molecule has 0 saturated carbocycles. The Labute approximate surface area is 96.1 Å². The molecule has 1 aliphatic rings. The summed E-state index contributed by atoms with van der Waals surface area (Å²) in [6.07, 6.45) is 5.61. The summed E-state index contributed by atoms with van der Waals surface area (Å²) in [6, 6.07) is -0.563. The van der Waals surface area contributed by atoms with Gasteiger partial charge in [0.2, 0.25) is 0 Å². The molecule has 0 spiro atoms. The summed E-state index contributed by atoms with van der Waals surface area (Å²) < 4.78 is 22.4. The van der Waals surface area contributed by atoms with Crippen molar-refractivity contribution >= 4 is 15.9 Å². The van der Waals surface area contributed by atoms with Gasteiger partial charge in [-0.3, -0.25) is 0 Å². The standard InChI is InChI=1S/C10H16N2O3S/c1-3-6-12(4-2)10(13)11-9-5-7-16(14,15)8-9/h1,9H,4-8H2,2H3,(H,11,13)/t9-/m1/s1. The minimum absolute atomic E-state index is 0.0341. The summed E-state index contributed by atoms with van der Waals surface area (Å²) in [4.78, 5) is 13.1. The van der Waals surface area contributed by atoms with Crippen LogP contribution in [0.1, 0.15) is 13.3 Å². The van der Waals surface area contributed by atoms with Gasteiger partial charge in [0.1, 0.15) is 0 Å². The fourth-order valence-corrected chi connectivity index (χ4v) is 3.29. The van der Waals surface area contributed by atoms with Crippen molar-refractivity contribution in [3.63, 3.8) is 0 Å². The Bertz CT molecular complexity index is 397. The van der Waals surface area contributed by atoms with E-state index in [-0.39, 0.29) is 30.1 Å². The highest BCUT2D eigenvalue weighted by Gasteiger charge is 2.29. The number of carbonyl (C=O) groups excluding carboxylic acids is 1. The molecule has 0 aromatic heterocycles. The van der Waals surface area contributed by atoms with E-state index in [2.05, 4.69) is 11.2 Å². The molecule has 1 N–H and O–H groups in total. The average molecular weight is 244 g/mol. The lowest BCUT2D eigenvalue weighted by Crippen LogP contribution is -2.45. The number of hydrogen-bond donors (Lipinski definition) is 1. The summed E-state index contributed by atoms with van der Waals surface area (Å²) in [5.74, 6) is 2.57. The van der Waals surface area contributed by atoms with Crippen LogP contribution in [0.25, 0.3) is 0 Å². The van der Waals surface area contributed by atoms with Gasteiger partial charge in [-0.05, 0) is 13.3 Å². The van der Waals surface area contributed by atoms with Crippen LogP contribution in [0.2, 0.25) is 0 Å². The third kappa shape index (κ3) is 3.42. The first kappa shape index (κ1) is 12.8. The molecule has 6 heteroatoms. The maximum Gasteiger partial charge on any atom is 0.318 e. The summed E-state index contributed by atoms with van der Waals surface area (Å²) in [7, 11) is -2.96. The predicted molar refractivity (Wildman–Crippen MR) is 61.7 cm³/mol. The van der Waals surface area contributed by atoms with Crippen LogP contribution in [0.15, 0.2) is 0 Å². The molecular weight excluding hydrogens is 228 g/mol. The van der Waals surface area contributed by atoms with E-state index in [0.29, 0.717) is 13.0 Å². The highest BCUT2D eigenvalue weighted by Crippen LogP contribution is 2.11. The van der Waals surface area contributed by atoms with Crippen LogP contribution >= 0.6 is 0 Å². The van der Waals surface area contributed by atoms with Gasteiger partial charge in [-0.25, -0.2) is 13.2 Å². The van der Waals surface area contributed by atoms with Gasteiger partial charge in [0, 0.05) is 12.6 Å². The van der Waals surface area contributed by atoms with Crippen LogP contribution in [0.3, 0.4) is 0 Å². The van der Waals surface area contributed by atoms with Crippen LogP contribution in [-0.2, 0) is 9.84 Å². The zero-order valence-corrected chi connectivity index (χ0v) is 10.1. The minimum Gasteiger partial charge on any atom is -0.334 e. The SMILES string of the molecule is C#CCN(CC)C(=O)N[C@@H]1CCS(=O)(=O)C1. The van der Waals surface area contributed by atoms with Gasteiger partial charge >= 0.3 is 6.03 Å². The summed E-state index contributed by atoms with van der Waals surface area (Å²) >= 11 is 0. The third-order valence-corrected chi connectivity index (χ3v) is 4.28. The summed E-state index contributed by atoms with van der Waals surface area (Å²) in [6.45, 7) is 2.57. The number of amides is 2. The van der Waals surface area contributed by atoms with E-state index in [1.807, 2.05) is 6.92 Å². The maximum absolute atomic E-state index is 11.7. The Morgan fingerprint density at radius 2 is 2.31 bits per heavy atom. The van der Waals surface area contributed by atoms with E-state index in [1.165, 1.54) is 4.90 Å². The van der Waals surface area contributed by atoms with Crippen LogP contribution < -0.4 is 5.32 Å². The highest BCUT2D eigenvalue weighted by atomic mass is 32.2. The van der Waals surface area contributed by atoms with Crippen LogP contribution in [-0.4, -0.2) is 50.0 Å². The Hall–Kier alpha value is -1.22. The van der Waals surface area contributed by atoms with Gasteiger partial charge in [-0.15, -0.1) is 6.42 Å². The van der Waals surface area contributed by atoms with Crippen molar-refractivity contribution in [2.45, 2.75) is 19.4 Å². The molecule has 1 fully saturated rings. The van der Waals surface area contributed by atoms with E-state index in [1.54, 1.807) is 0 Å². The molecule has 1 saturated heterocycles. The largest absolute Gasteiger partial charge is 0.334 e. The molecule has 1 aliphatic heterocycles. The molecule has 0 bridgehead atoms. The first-order valence-electron chi connectivity index (χ1n) is 5.18. The summed E-state index contributed by atoms with van der Waals surface area (Å²) in [5, 5.41) is 2.68. The van der Waals surface area contributed by atoms with Crippen molar-refractivity contribution in [3.8, 4) is 12.3 Å².